The van der Waals surface area contributed by atoms with Gasteiger partial charge in [-0.3, -0.25) is 9.59 Å². The standard InChI is InChI=1S/C13H14Br2N2O3/c1-16-12(18)11-7-20-5-4-17(11)13(19)9-6-8(14)2-3-10(9)15/h2-3,6,11H,4-5,7H2,1H3,(H,16,18). The van der Waals surface area contributed by atoms with Crippen LogP contribution in [0, 0.1) is 0 Å². The quantitative estimate of drug-likeness (QED) is 0.816. The highest BCUT2D eigenvalue weighted by atomic mass is 79.9. The Hall–Kier alpha value is -0.920. The van der Waals surface area contributed by atoms with Crippen LogP contribution in [0.3, 0.4) is 0 Å². The van der Waals surface area contributed by atoms with Gasteiger partial charge in [-0.05, 0) is 34.1 Å². The zero-order valence-electron chi connectivity index (χ0n) is 10.9. The number of rotatable bonds is 2. The summed E-state index contributed by atoms with van der Waals surface area (Å²) in [4.78, 5) is 26.1. The lowest BCUT2D eigenvalue weighted by Gasteiger charge is -2.34. The van der Waals surface area contributed by atoms with Crippen LogP contribution in [0.1, 0.15) is 10.4 Å². The van der Waals surface area contributed by atoms with Crippen molar-refractivity contribution in [3.05, 3.63) is 32.7 Å². The van der Waals surface area contributed by atoms with Crippen LogP contribution in [0.5, 0.6) is 0 Å². The first-order valence-corrected chi connectivity index (χ1v) is 7.68. The Morgan fingerprint density at radius 1 is 1.40 bits per heavy atom. The highest BCUT2D eigenvalue weighted by Crippen LogP contribution is 2.24. The van der Waals surface area contributed by atoms with E-state index < -0.39 is 6.04 Å². The van der Waals surface area contributed by atoms with Crippen LogP contribution in [0.4, 0.5) is 0 Å². The topological polar surface area (TPSA) is 58.6 Å². The molecule has 1 heterocycles. The lowest BCUT2D eigenvalue weighted by molar-refractivity contribution is -0.130. The van der Waals surface area contributed by atoms with Crippen LogP contribution < -0.4 is 5.32 Å². The minimum absolute atomic E-state index is 0.185. The Balaban J connectivity index is 2.30. The Morgan fingerprint density at radius 3 is 2.85 bits per heavy atom. The van der Waals surface area contributed by atoms with Crippen molar-refractivity contribution in [2.24, 2.45) is 0 Å². The third-order valence-corrected chi connectivity index (χ3v) is 4.28. The molecule has 2 amide bonds. The predicted molar refractivity (Wildman–Crippen MR) is 81.6 cm³/mol. The van der Waals surface area contributed by atoms with Gasteiger partial charge in [-0.25, -0.2) is 0 Å². The number of carbonyl (C=O) groups is 2. The maximum atomic E-state index is 12.6. The number of amides is 2. The minimum atomic E-state index is -0.591. The van der Waals surface area contributed by atoms with Crippen molar-refractivity contribution in [3.8, 4) is 0 Å². The number of nitrogens with one attached hydrogen (secondary N) is 1. The largest absolute Gasteiger partial charge is 0.377 e. The summed E-state index contributed by atoms with van der Waals surface area (Å²) in [7, 11) is 1.55. The summed E-state index contributed by atoms with van der Waals surface area (Å²) in [6.45, 7) is 1.05. The van der Waals surface area contributed by atoms with Crippen LogP contribution in [-0.4, -0.2) is 49.6 Å². The molecule has 0 radical (unpaired) electrons. The Labute approximate surface area is 133 Å². The molecule has 1 atom stereocenters. The molecule has 108 valence electrons. The van der Waals surface area contributed by atoms with Gasteiger partial charge in [-0.1, -0.05) is 15.9 Å². The highest BCUT2D eigenvalue weighted by molar-refractivity contribution is 9.11. The number of morpholine rings is 1. The predicted octanol–water partition coefficient (Wildman–Crippen LogP) is 1.80. The Morgan fingerprint density at radius 2 is 2.15 bits per heavy atom. The van der Waals surface area contributed by atoms with Crippen molar-refractivity contribution < 1.29 is 14.3 Å². The normalized spacial score (nSPS) is 18.8. The molecule has 0 aromatic heterocycles. The molecule has 1 fully saturated rings. The molecular formula is C13H14Br2N2O3. The smallest absolute Gasteiger partial charge is 0.255 e. The number of ether oxygens (including phenoxy) is 1. The first-order chi connectivity index (χ1) is 9.54. The minimum Gasteiger partial charge on any atom is -0.377 e. The summed E-state index contributed by atoms with van der Waals surface area (Å²) in [6, 6.07) is 4.79. The SMILES string of the molecule is CNC(=O)C1COCCN1C(=O)c1cc(Br)ccc1Br. The molecule has 2 rings (SSSR count). The van der Waals surface area contributed by atoms with Crippen LogP contribution >= 0.6 is 31.9 Å². The van der Waals surface area contributed by atoms with Gasteiger partial charge >= 0.3 is 0 Å². The molecule has 1 aromatic rings. The molecule has 1 N–H and O–H groups in total. The summed E-state index contributed by atoms with van der Waals surface area (Å²) >= 11 is 6.72. The average molecular weight is 406 g/mol. The summed E-state index contributed by atoms with van der Waals surface area (Å²) in [5.74, 6) is -0.403. The third-order valence-electron chi connectivity index (χ3n) is 3.10. The van der Waals surface area contributed by atoms with Crippen LogP contribution in [0.15, 0.2) is 27.1 Å². The first-order valence-electron chi connectivity index (χ1n) is 6.10. The zero-order chi connectivity index (χ0) is 14.7. The lowest BCUT2D eigenvalue weighted by Crippen LogP contribution is -2.55. The summed E-state index contributed by atoms with van der Waals surface area (Å²) in [5.41, 5.74) is 0.523. The second-order valence-electron chi connectivity index (χ2n) is 4.33. The van der Waals surface area contributed by atoms with E-state index in [1.807, 2.05) is 6.07 Å². The number of likely N-dealkylation sites (N-methyl/N-ethyl adjacent to an activating group) is 1. The highest BCUT2D eigenvalue weighted by Gasteiger charge is 2.33. The van der Waals surface area contributed by atoms with Crippen molar-refractivity contribution in [2.75, 3.05) is 26.8 Å². The molecule has 1 unspecified atom stereocenters. The van der Waals surface area contributed by atoms with Gasteiger partial charge < -0.3 is 15.0 Å². The second-order valence-corrected chi connectivity index (χ2v) is 6.10. The molecule has 7 heteroatoms. The fourth-order valence-electron chi connectivity index (χ4n) is 2.05. The zero-order valence-corrected chi connectivity index (χ0v) is 14.0. The van der Waals surface area contributed by atoms with Crippen molar-refractivity contribution in [3.63, 3.8) is 0 Å². The molecule has 0 bridgehead atoms. The number of hydrogen-bond acceptors (Lipinski definition) is 3. The number of nitrogens with zero attached hydrogens (tertiary/aromatic N) is 1. The number of halogens is 2. The summed E-state index contributed by atoms with van der Waals surface area (Å²) in [5, 5.41) is 2.56. The molecule has 1 aromatic carbocycles. The van der Waals surface area contributed by atoms with Crippen molar-refractivity contribution in [2.45, 2.75) is 6.04 Å². The number of benzene rings is 1. The fourth-order valence-corrected chi connectivity index (χ4v) is 2.82. The van der Waals surface area contributed by atoms with E-state index in [0.29, 0.717) is 23.2 Å². The van der Waals surface area contributed by atoms with Gasteiger partial charge in [0, 0.05) is 22.5 Å². The molecular weight excluding hydrogens is 392 g/mol. The van der Waals surface area contributed by atoms with E-state index >= 15 is 0 Å². The van der Waals surface area contributed by atoms with E-state index in [9.17, 15) is 9.59 Å². The third kappa shape index (κ3) is 3.21. The first kappa shape index (κ1) is 15.5. The van der Waals surface area contributed by atoms with Crippen molar-refractivity contribution >= 4 is 43.7 Å². The van der Waals surface area contributed by atoms with E-state index in [-0.39, 0.29) is 18.4 Å². The van der Waals surface area contributed by atoms with Crippen LogP contribution in [-0.2, 0) is 9.53 Å². The average Bonchev–Trinajstić information content (AvgIpc) is 2.48. The molecule has 0 spiro atoms. The van der Waals surface area contributed by atoms with Crippen molar-refractivity contribution in [1.29, 1.82) is 0 Å². The monoisotopic (exact) mass is 404 g/mol. The van der Waals surface area contributed by atoms with Crippen molar-refractivity contribution in [1.82, 2.24) is 10.2 Å². The molecule has 0 aliphatic carbocycles. The molecule has 20 heavy (non-hydrogen) atoms. The molecule has 1 saturated heterocycles. The van der Waals surface area contributed by atoms with E-state index in [1.54, 1.807) is 24.1 Å². The van der Waals surface area contributed by atoms with Crippen LogP contribution in [0.2, 0.25) is 0 Å². The Bertz CT molecular complexity index is 536. The molecule has 1 aliphatic rings. The van der Waals surface area contributed by atoms with Gasteiger partial charge in [0.1, 0.15) is 6.04 Å². The maximum absolute atomic E-state index is 12.6. The van der Waals surface area contributed by atoms with Gasteiger partial charge in [0.05, 0.1) is 18.8 Å². The lowest BCUT2D eigenvalue weighted by atomic mass is 10.1. The number of carbonyl (C=O) groups excluding carboxylic acids is 2. The van der Waals surface area contributed by atoms with E-state index in [4.69, 9.17) is 4.74 Å². The van der Waals surface area contributed by atoms with Gasteiger partial charge in [-0.15, -0.1) is 0 Å². The van der Waals surface area contributed by atoms with Gasteiger partial charge in [0.25, 0.3) is 5.91 Å². The Kier molecular flexibility index (Phi) is 5.17. The molecule has 5 nitrogen and oxygen atoms in total. The molecule has 0 saturated carbocycles. The molecule has 1 aliphatic heterocycles. The second kappa shape index (κ2) is 6.69. The fraction of sp³-hybridized carbons (Fsp3) is 0.385. The van der Waals surface area contributed by atoms with Crippen LogP contribution in [0.25, 0.3) is 0 Å². The van der Waals surface area contributed by atoms with Gasteiger partial charge in [-0.2, -0.15) is 0 Å². The van der Waals surface area contributed by atoms with E-state index in [2.05, 4.69) is 37.2 Å². The summed E-state index contributed by atoms with van der Waals surface area (Å²) in [6.07, 6.45) is 0. The van der Waals surface area contributed by atoms with Gasteiger partial charge in [0.2, 0.25) is 5.91 Å². The van der Waals surface area contributed by atoms with Gasteiger partial charge in [0.15, 0.2) is 0 Å². The number of hydrogen-bond donors (Lipinski definition) is 1. The van der Waals surface area contributed by atoms with E-state index in [0.717, 1.165) is 4.47 Å². The maximum Gasteiger partial charge on any atom is 0.255 e. The van der Waals surface area contributed by atoms with E-state index in [1.165, 1.54) is 0 Å². The summed E-state index contributed by atoms with van der Waals surface area (Å²) < 4.78 is 6.82.